The third-order valence-electron chi connectivity index (χ3n) is 3.35. The van der Waals surface area contributed by atoms with E-state index in [1.807, 2.05) is 23.9 Å². The van der Waals surface area contributed by atoms with Crippen LogP contribution in [-0.4, -0.2) is 11.7 Å². The summed E-state index contributed by atoms with van der Waals surface area (Å²) in [7, 11) is 0. The van der Waals surface area contributed by atoms with Crippen LogP contribution in [0.3, 0.4) is 0 Å². The van der Waals surface area contributed by atoms with Crippen LogP contribution in [0.25, 0.3) is 0 Å². The van der Waals surface area contributed by atoms with Gasteiger partial charge in [-0.25, -0.2) is 0 Å². The predicted molar refractivity (Wildman–Crippen MR) is 81.8 cm³/mol. The number of carbonyl (C=O) groups is 1. The maximum absolute atomic E-state index is 11.9. The fourth-order valence-electron chi connectivity index (χ4n) is 2.32. The number of nitrogens with one attached hydrogen (secondary N) is 1. The standard InChI is InChI=1S/C15H20ClNOS/c1-2-3-4-5-15(18)17-13-8-9-19-14-7-6-11(16)10-12(13)14/h6-7,10,13H,2-5,8-9H2,1H3,(H,17,18). The zero-order valence-electron chi connectivity index (χ0n) is 11.2. The van der Waals surface area contributed by atoms with Crippen LogP contribution in [0.1, 0.15) is 50.6 Å². The van der Waals surface area contributed by atoms with E-state index in [2.05, 4.69) is 18.3 Å². The van der Waals surface area contributed by atoms with Gasteiger partial charge >= 0.3 is 0 Å². The molecule has 19 heavy (non-hydrogen) atoms. The Morgan fingerprint density at radius 3 is 3.11 bits per heavy atom. The van der Waals surface area contributed by atoms with Crippen LogP contribution < -0.4 is 5.32 Å². The normalized spacial score (nSPS) is 17.9. The number of hydrogen-bond donors (Lipinski definition) is 1. The van der Waals surface area contributed by atoms with Crippen LogP contribution in [0.15, 0.2) is 23.1 Å². The number of carbonyl (C=O) groups excluding carboxylic acids is 1. The lowest BCUT2D eigenvalue weighted by atomic mass is 10.0. The van der Waals surface area contributed by atoms with Crippen molar-refractivity contribution >= 4 is 29.3 Å². The van der Waals surface area contributed by atoms with Crippen LogP contribution in [0.4, 0.5) is 0 Å². The lowest BCUT2D eigenvalue weighted by molar-refractivity contribution is -0.122. The number of amides is 1. The Morgan fingerprint density at radius 1 is 1.47 bits per heavy atom. The lowest BCUT2D eigenvalue weighted by Crippen LogP contribution is -2.30. The molecule has 1 atom stereocenters. The summed E-state index contributed by atoms with van der Waals surface area (Å²) in [6, 6.07) is 6.08. The molecule has 1 unspecified atom stereocenters. The highest BCUT2D eigenvalue weighted by Crippen LogP contribution is 2.37. The van der Waals surface area contributed by atoms with Crippen LogP contribution in [0, 0.1) is 0 Å². The van der Waals surface area contributed by atoms with Gasteiger partial charge in [0.2, 0.25) is 5.91 Å². The molecule has 0 fully saturated rings. The molecule has 1 aromatic rings. The zero-order chi connectivity index (χ0) is 13.7. The summed E-state index contributed by atoms with van der Waals surface area (Å²) in [6.45, 7) is 2.15. The molecule has 1 aliphatic heterocycles. The van der Waals surface area contributed by atoms with Crippen molar-refractivity contribution in [3.8, 4) is 0 Å². The van der Waals surface area contributed by atoms with Gasteiger partial charge in [-0.15, -0.1) is 11.8 Å². The molecule has 0 radical (unpaired) electrons. The van der Waals surface area contributed by atoms with Crippen molar-refractivity contribution < 1.29 is 4.79 Å². The van der Waals surface area contributed by atoms with Gasteiger partial charge in [-0.1, -0.05) is 31.4 Å². The third kappa shape index (κ3) is 4.15. The van der Waals surface area contributed by atoms with E-state index >= 15 is 0 Å². The second kappa shape index (κ2) is 7.20. The fourth-order valence-corrected chi connectivity index (χ4v) is 3.60. The number of halogens is 1. The molecular formula is C15H20ClNOS. The van der Waals surface area contributed by atoms with Crippen LogP contribution >= 0.6 is 23.4 Å². The molecule has 1 amide bonds. The van der Waals surface area contributed by atoms with Gasteiger partial charge in [0.15, 0.2) is 0 Å². The van der Waals surface area contributed by atoms with Crippen molar-refractivity contribution in [3.05, 3.63) is 28.8 Å². The van der Waals surface area contributed by atoms with E-state index in [-0.39, 0.29) is 11.9 Å². The number of hydrogen-bond acceptors (Lipinski definition) is 2. The quantitative estimate of drug-likeness (QED) is 0.806. The van der Waals surface area contributed by atoms with Gasteiger partial charge in [0.1, 0.15) is 0 Å². The van der Waals surface area contributed by atoms with Gasteiger partial charge in [-0.3, -0.25) is 4.79 Å². The van der Waals surface area contributed by atoms with E-state index < -0.39 is 0 Å². The van der Waals surface area contributed by atoms with Crippen molar-refractivity contribution in [1.29, 1.82) is 0 Å². The average Bonchev–Trinajstić information content (AvgIpc) is 2.40. The van der Waals surface area contributed by atoms with Crippen molar-refractivity contribution in [2.45, 2.75) is 50.0 Å². The molecule has 2 nitrogen and oxygen atoms in total. The minimum Gasteiger partial charge on any atom is -0.349 e. The molecule has 1 N–H and O–H groups in total. The van der Waals surface area contributed by atoms with Gasteiger partial charge in [0, 0.05) is 22.1 Å². The largest absolute Gasteiger partial charge is 0.349 e. The first-order valence-electron chi connectivity index (χ1n) is 6.92. The summed E-state index contributed by atoms with van der Waals surface area (Å²) in [5.74, 6) is 1.21. The summed E-state index contributed by atoms with van der Waals surface area (Å²) >= 11 is 7.90. The summed E-state index contributed by atoms with van der Waals surface area (Å²) in [6.07, 6.45) is 4.86. The van der Waals surface area contributed by atoms with Crippen LogP contribution in [0.5, 0.6) is 0 Å². The monoisotopic (exact) mass is 297 g/mol. The number of rotatable bonds is 5. The zero-order valence-corrected chi connectivity index (χ0v) is 12.8. The van der Waals surface area contributed by atoms with Gasteiger partial charge in [0.05, 0.1) is 6.04 Å². The van der Waals surface area contributed by atoms with Gasteiger partial charge in [-0.05, 0) is 36.6 Å². The number of fused-ring (bicyclic) bond motifs is 1. The maximum Gasteiger partial charge on any atom is 0.220 e. The van der Waals surface area contributed by atoms with Crippen LogP contribution in [-0.2, 0) is 4.79 Å². The smallest absolute Gasteiger partial charge is 0.220 e. The molecule has 2 rings (SSSR count). The van der Waals surface area contributed by atoms with Crippen molar-refractivity contribution in [2.24, 2.45) is 0 Å². The number of unbranched alkanes of at least 4 members (excludes halogenated alkanes) is 2. The topological polar surface area (TPSA) is 29.1 Å². The molecule has 0 spiro atoms. The predicted octanol–water partition coefficient (Wildman–Crippen LogP) is 4.57. The highest BCUT2D eigenvalue weighted by atomic mass is 35.5. The number of thioether (sulfide) groups is 1. The Morgan fingerprint density at radius 2 is 2.32 bits per heavy atom. The molecule has 104 valence electrons. The number of benzene rings is 1. The first kappa shape index (κ1) is 14.7. The fraction of sp³-hybridized carbons (Fsp3) is 0.533. The van der Waals surface area contributed by atoms with Gasteiger partial charge in [-0.2, -0.15) is 0 Å². The lowest BCUT2D eigenvalue weighted by Gasteiger charge is -2.26. The van der Waals surface area contributed by atoms with Crippen molar-refractivity contribution in [3.63, 3.8) is 0 Å². The third-order valence-corrected chi connectivity index (χ3v) is 4.71. The molecule has 1 aromatic carbocycles. The van der Waals surface area contributed by atoms with E-state index in [0.29, 0.717) is 6.42 Å². The highest BCUT2D eigenvalue weighted by Gasteiger charge is 2.22. The van der Waals surface area contributed by atoms with Gasteiger partial charge < -0.3 is 5.32 Å². The molecule has 0 saturated heterocycles. The first-order chi connectivity index (χ1) is 9.20. The Balaban J connectivity index is 1.99. The Hall–Kier alpha value is -0.670. The minimum atomic E-state index is 0.129. The molecule has 1 heterocycles. The minimum absolute atomic E-state index is 0.129. The summed E-state index contributed by atoms with van der Waals surface area (Å²) < 4.78 is 0. The molecule has 0 aromatic heterocycles. The summed E-state index contributed by atoms with van der Waals surface area (Å²) in [4.78, 5) is 13.2. The Labute approximate surface area is 124 Å². The summed E-state index contributed by atoms with van der Waals surface area (Å²) in [5, 5.41) is 3.89. The summed E-state index contributed by atoms with van der Waals surface area (Å²) in [5.41, 5.74) is 1.17. The SMILES string of the molecule is CCCCCC(=O)NC1CCSc2ccc(Cl)cc21. The Bertz CT molecular complexity index is 450. The Kier molecular flexibility index (Phi) is 5.59. The van der Waals surface area contributed by atoms with Crippen molar-refractivity contribution in [2.75, 3.05) is 5.75 Å². The molecule has 1 aliphatic rings. The molecular weight excluding hydrogens is 278 g/mol. The van der Waals surface area contributed by atoms with E-state index in [4.69, 9.17) is 11.6 Å². The average molecular weight is 298 g/mol. The molecule has 0 bridgehead atoms. The van der Waals surface area contributed by atoms with Crippen molar-refractivity contribution in [1.82, 2.24) is 5.32 Å². The van der Waals surface area contributed by atoms with E-state index in [0.717, 1.165) is 36.5 Å². The van der Waals surface area contributed by atoms with E-state index in [1.54, 1.807) is 0 Å². The molecule has 0 saturated carbocycles. The van der Waals surface area contributed by atoms with E-state index in [9.17, 15) is 4.79 Å². The molecule has 0 aliphatic carbocycles. The molecule has 4 heteroatoms. The van der Waals surface area contributed by atoms with Crippen LogP contribution in [0.2, 0.25) is 5.02 Å². The maximum atomic E-state index is 11.9. The van der Waals surface area contributed by atoms with E-state index in [1.165, 1.54) is 10.5 Å². The van der Waals surface area contributed by atoms with Gasteiger partial charge in [0.25, 0.3) is 0 Å². The highest BCUT2D eigenvalue weighted by molar-refractivity contribution is 7.99. The second-order valence-electron chi connectivity index (χ2n) is 4.90. The first-order valence-corrected chi connectivity index (χ1v) is 8.28. The second-order valence-corrected chi connectivity index (χ2v) is 6.47.